The summed E-state index contributed by atoms with van der Waals surface area (Å²) >= 11 is 6.02. The van der Waals surface area contributed by atoms with E-state index < -0.39 is 17.4 Å². The first-order valence-electron chi connectivity index (χ1n) is 9.36. The number of carbonyl (C=O) groups excluding carboxylic acids is 1. The number of halogens is 2. The fourth-order valence-electron chi connectivity index (χ4n) is 3.23. The number of amides is 1. The first-order valence-corrected chi connectivity index (χ1v) is 9.74. The normalized spacial score (nSPS) is 20.2. The highest BCUT2D eigenvalue weighted by atomic mass is 35.5. The van der Waals surface area contributed by atoms with Crippen LogP contribution in [0.15, 0.2) is 24.4 Å². The summed E-state index contributed by atoms with van der Waals surface area (Å²) < 4.78 is 26.4. The molecule has 1 fully saturated rings. The molecule has 1 aliphatic rings. The van der Waals surface area contributed by atoms with Crippen LogP contribution in [0.1, 0.15) is 40.0 Å². The van der Waals surface area contributed by atoms with Crippen LogP contribution in [0.3, 0.4) is 0 Å². The largest absolute Gasteiger partial charge is 0.477 e. The number of likely N-dealkylation sites (tertiary alicyclic amines) is 1. The number of aromatic nitrogens is 2. The number of piperidine rings is 1. The maximum Gasteiger partial charge on any atom is 0.410 e. The molecule has 3 heterocycles. The molecule has 3 rings (SSSR count). The lowest BCUT2D eigenvalue weighted by Crippen LogP contribution is -2.49. The van der Waals surface area contributed by atoms with E-state index in [1.165, 1.54) is 4.90 Å². The minimum atomic E-state index is -1.53. The highest BCUT2D eigenvalue weighted by molar-refractivity contribution is 6.30. The first kappa shape index (κ1) is 20.6. The minimum Gasteiger partial charge on any atom is -0.477 e. The second-order valence-electron chi connectivity index (χ2n) is 8.08. The topological polar surface area (TPSA) is 64.5 Å². The van der Waals surface area contributed by atoms with Crippen molar-refractivity contribution in [2.75, 3.05) is 19.7 Å². The summed E-state index contributed by atoms with van der Waals surface area (Å²) in [6.45, 7) is 5.99. The molecule has 0 bridgehead atoms. The molecular formula is C20H25ClFN3O3. The van der Waals surface area contributed by atoms with Gasteiger partial charge in [-0.2, -0.15) is 0 Å². The van der Waals surface area contributed by atoms with Crippen LogP contribution in [-0.2, 0) is 4.74 Å². The van der Waals surface area contributed by atoms with E-state index in [-0.39, 0.29) is 24.7 Å². The van der Waals surface area contributed by atoms with Crippen molar-refractivity contribution in [1.82, 2.24) is 14.9 Å². The molecule has 1 unspecified atom stereocenters. The van der Waals surface area contributed by atoms with Crippen molar-refractivity contribution in [2.45, 2.75) is 51.3 Å². The summed E-state index contributed by atoms with van der Waals surface area (Å²) in [5.41, 5.74) is -1.47. The molecule has 1 saturated heterocycles. The number of pyridine rings is 2. The van der Waals surface area contributed by atoms with E-state index in [1.807, 2.05) is 6.07 Å². The molecule has 0 aromatic carbocycles. The molecule has 0 aliphatic carbocycles. The summed E-state index contributed by atoms with van der Waals surface area (Å²) in [6, 6.07) is 5.26. The highest BCUT2D eigenvalue weighted by Crippen LogP contribution is 2.31. The molecular weight excluding hydrogens is 385 g/mol. The van der Waals surface area contributed by atoms with Crippen molar-refractivity contribution < 1.29 is 18.7 Å². The lowest BCUT2D eigenvalue weighted by molar-refractivity contribution is -0.0109. The van der Waals surface area contributed by atoms with Crippen molar-refractivity contribution in [3.05, 3.63) is 29.5 Å². The minimum absolute atomic E-state index is 0.00342. The molecule has 0 saturated carbocycles. The average molecular weight is 410 g/mol. The Morgan fingerprint density at radius 2 is 2.21 bits per heavy atom. The molecule has 0 N–H and O–H groups in total. The molecule has 1 aliphatic heterocycles. The third kappa shape index (κ3) is 5.22. The fraction of sp³-hybridized carbons (Fsp3) is 0.550. The first-order chi connectivity index (χ1) is 13.2. The summed E-state index contributed by atoms with van der Waals surface area (Å²) in [5.74, 6) is 0.332. The molecule has 0 radical (unpaired) electrons. The van der Waals surface area contributed by atoms with E-state index >= 15 is 4.39 Å². The zero-order valence-electron chi connectivity index (χ0n) is 16.4. The summed E-state index contributed by atoms with van der Waals surface area (Å²) in [6.07, 6.45) is 2.27. The van der Waals surface area contributed by atoms with E-state index in [2.05, 4.69) is 9.97 Å². The van der Waals surface area contributed by atoms with Gasteiger partial charge in [0.05, 0.1) is 24.1 Å². The van der Waals surface area contributed by atoms with Crippen molar-refractivity contribution in [2.24, 2.45) is 0 Å². The Labute approximate surface area is 169 Å². The molecule has 152 valence electrons. The van der Waals surface area contributed by atoms with Crippen LogP contribution in [0, 0.1) is 0 Å². The van der Waals surface area contributed by atoms with Crippen LogP contribution in [0.5, 0.6) is 5.88 Å². The number of carbonyl (C=O) groups is 1. The van der Waals surface area contributed by atoms with Gasteiger partial charge in [0.25, 0.3) is 0 Å². The molecule has 2 aromatic heterocycles. The number of nitrogens with zero attached hydrogens (tertiary/aromatic N) is 3. The number of ether oxygens (including phenoxy) is 2. The number of hydrogen-bond acceptors (Lipinski definition) is 5. The Morgan fingerprint density at radius 3 is 2.96 bits per heavy atom. The van der Waals surface area contributed by atoms with E-state index in [0.717, 1.165) is 5.39 Å². The van der Waals surface area contributed by atoms with Crippen molar-refractivity contribution in [3.63, 3.8) is 0 Å². The van der Waals surface area contributed by atoms with Crippen LogP contribution < -0.4 is 4.74 Å². The average Bonchev–Trinajstić information content (AvgIpc) is 2.60. The molecule has 0 spiro atoms. The van der Waals surface area contributed by atoms with Crippen LogP contribution in [0.4, 0.5) is 9.18 Å². The van der Waals surface area contributed by atoms with Crippen LogP contribution in [0.2, 0.25) is 5.15 Å². The van der Waals surface area contributed by atoms with Gasteiger partial charge in [0.15, 0.2) is 0 Å². The van der Waals surface area contributed by atoms with Gasteiger partial charge in [-0.25, -0.2) is 14.2 Å². The molecule has 2 aromatic rings. The van der Waals surface area contributed by atoms with Crippen molar-refractivity contribution >= 4 is 28.6 Å². The van der Waals surface area contributed by atoms with Crippen molar-refractivity contribution in [3.8, 4) is 5.88 Å². The standard InChI is InChI=1S/C20H25ClFN3O3/c1-19(2,3)28-18(26)25-10-5-7-20(22,13-25)8-11-27-17-14-6-4-9-23-15(14)12-16(21)24-17/h4,6,9,12H,5,7-8,10-11,13H2,1-3H3. The summed E-state index contributed by atoms with van der Waals surface area (Å²) in [5, 5.41) is 0.990. The third-order valence-corrected chi connectivity index (χ3v) is 4.69. The predicted octanol–water partition coefficient (Wildman–Crippen LogP) is 4.79. The van der Waals surface area contributed by atoms with Gasteiger partial charge >= 0.3 is 6.09 Å². The van der Waals surface area contributed by atoms with Gasteiger partial charge in [0.2, 0.25) is 5.88 Å². The molecule has 1 atom stereocenters. The number of rotatable bonds is 4. The Hall–Kier alpha value is -2.15. The Balaban J connectivity index is 1.62. The van der Waals surface area contributed by atoms with E-state index in [0.29, 0.717) is 30.8 Å². The highest BCUT2D eigenvalue weighted by Gasteiger charge is 2.38. The van der Waals surface area contributed by atoms with Crippen LogP contribution >= 0.6 is 11.6 Å². The van der Waals surface area contributed by atoms with Gasteiger partial charge in [-0.3, -0.25) is 4.98 Å². The molecule has 28 heavy (non-hydrogen) atoms. The number of fused-ring (bicyclic) bond motifs is 1. The van der Waals surface area contributed by atoms with Gasteiger partial charge in [0, 0.05) is 25.2 Å². The Kier molecular flexibility index (Phi) is 5.93. The number of alkyl halides is 1. The third-order valence-electron chi connectivity index (χ3n) is 4.50. The summed E-state index contributed by atoms with van der Waals surface area (Å²) in [7, 11) is 0. The zero-order chi connectivity index (χ0) is 20.4. The smallest absolute Gasteiger partial charge is 0.410 e. The van der Waals surface area contributed by atoms with Gasteiger partial charge in [-0.1, -0.05) is 11.6 Å². The van der Waals surface area contributed by atoms with Gasteiger partial charge < -0.3 is 14.4 Å². The Bertz CT molecular complexity index is 858. The van der Waals surface area contributed by atoms with Gasteiger partial charge in [-0.15, -0.1) is 0 Å². The maximum atomic E-state index is 15.3. The summed E-state index contributed by atoms with van der Waals surface area (Å²) in [4.78, 5) is 22.1. The Morgan fingerprint density at radius 1 is 1.43 bits per heavy atom. The molecule has 6 nitrogen and oxygen atoms in total. The lowest BCUT2D eigenvalue weighted by Gasteiger charge is -2.37. The maximum absolute atomic E-state index is 15.3. The van der Waals surface area contributed by atoms with Crippen LogP contribution in [-0.4, -0.2) is 51.9 Å². The van der Waals surface area contributed by atoms with E-state index in [9.17, 15) is 4.79 Å². The lowest BCUT2D eigenvalue weighted by atomic mass is 9.92. The zero-order valence-corrected chi connectivity index (χ0v) is 17.1. The van der Waals surface area contributed by atoms with Gasteiger partial charge in [-0.05, 0) is 45.7 Å². The number of hydrogen-bond donors (Lipinski definition) is 0. The second kappa shape index (κ2) is 8.07. The quantitative estimate of drug-likeness (QED) is 0.679. The SMILES string of the molecule is CC(C)(C)OC(=O)N1CCCC(F)(CCOc2nc(Cl)cc3ncccc23)C1. The van der Waals surface area contributed by atoms with Crippen LogP contribution in [0.25, 0.3) is 10.9 Å². The monoisotopic (exact) mass is 409 g/mol. The van der Waals surface area contributed by atoms with Gasteiger partial charge in [0.1, 0.15) is 16.4 Å². The van der Waals surface area contributed by atoms with E-state index in [4.69, 9.17) is 21.1 Å². The molecule has 1 amide bonds. The second-order valence-corrected chi connectivity index (χ2v) is 8.46. The fourth-order valence-corrected chi connectivity index (χ4v) is 3.41. The molecule has 8 heteroatoms. The van der Waals surface area contributed by atoms with E-state index in [1.54, 1.807) is 39.1 Å². The van der Waals surface area contributed by atoms with Crippen molar-refractivity contribution in [1.29, 1.82) is 0 Å². The predicted molar refractivity (Wildman–Crippen MR) is 106 cm³/mol.